The lowest BCUT2D eigenvalue weighted by Gasteiger charge is -2.36. The van der Waals surface area contributed by atoms with E-state index in [9.17, 15) is 9.18 Å². The zero-order valence-electron chi connectivity index (χ0n) is 11.0. The average molecular weight is 254 g/mol. The van der Waals surface area contributed by atoms with E-state index in [4.69, 9.17) is 4.43 Å². The number of hydrogen-bond acceptors (Lipinski definition) is 2. The summed E-state index contributed by atoms with van der Waals surface area (Å²) in [6.07, 6.45) is 0.631. The lowest BCUT2D eigenvalue weighted by molar-refractivity contribution is 0.112. The predicted molar refractivity (Wildman–Crippen MR) is 69.6 cm³/mol. The van der Waals surface area contributed by atoms with E-state index in [1.54, 1.807) is 0 Å². The van der Waals surface area contributed by atoms with Crippen LogP contribution in [0, 0.1) is 5.82 Å². The van der Waals surface area contributed by atoms with Crippen LogP contribution in [-0.2, 0) is 0 Å². The second kappa shape index (κ2) is 4.60. The molecule has 0 N–H and O–H groups in total. The Labute approximate surface area is 103 Å². The second-order valence-corrected chi connectivity index (χ2v) is 10.4. The van der Waals surface area contributed by atoms with Crippen molar-refractivity contribution in [2.45, 2.75) is 38.9 Å². The van der Waals surface area contributed by atoms with Crippen molar-refractivity contribution in [1.82, 2.24) is 0 Å². The number of benzene rings is 1. The molecule has 0 bridgehead atoms. The Bertz CT molecular complexity index is 422. The minimum absolute atomic E-state index is 0.0432. The van der Waals surface area contributed by atoms with Gasteiger partial charge in [-0.25, -0.2) is 4.39 Å². The molecule has 0 aliphatic heterocycles. The van der Waals surface area contributed by atoms with E-state index in [0.29, 0.717) is 12.0 Å². The van der Waals surface area contributed by atoms with Crippen molar-refractivity contribution in [3.63, 3.8) is 0 Å². The molecule has 0 fully saturated rings. The van der Waals surface area contributed by atoms with Gasteiger partial charge in [0, 0.05) is 0 Å². The summed E-state index contributed by atoms with van der Waals surface area (Å²) in [4.78, 5) is 10.9. The minimum atomic E-state index is -1.99. The van der Waals surface area contributed by atoms with E-state index in [0.717, 1.165) is 0 Å². The Hall–Kier alpha value is -1.16. The molecule has 0 atom stereocenters. The van der Waals surface area contributed by atoms with Gasteiger partial charge in [-0.2, -0.15) is 0 Å². The Morgan fingerprint density at radius 2 is 1.88 bits per heavy atom. The molecule has 1 rings (SSSR count). The van der Waals surface area contributed by atoms with E-state index >= 15 is 0 Å². The van der Waals surface area contributed by atoms with Gasteiger partial charge in [-0.1, -0.05) is 20.8 Å². The largest absolute Gasteiger partial charge is 0.543 e. The maximum Gasteiger partial charge on any atom is 0.250 e. The predicted octanol–water partition coefficient (Wildman–Crippen LogP) is 4.02. The molecule has 0 aliphatic rings. The van der Waals surface area contributed by atoms with Crippen LogP contribution in [0.3, 0.4) is 0 Å². The first kappa shape index (κ1) is 13.9. The van der Waals surface area contributed by atoms with Gasteiger partial charge in [0.15, 0.2) is 6.29 Å². The number of halogens is 1. The first-order chi connectivity index (χ1) is 7.67. The Kier molecular flexibility index (Phi) is 3.77. The third-order valence-electron chi connectivity index (χ3n) is 3.27. The van der Waals surface area contributed by atoms with Gasteiger partial charge in [0.25, 0.3) is 8.32 Å². The van der Waals surface area contributed by atoms with Crippen molar-refractivity contribution in [3.05, 3.63) is 29.6 Å². The molecule has 0 unspecified atom stereocenters. The average Bonchev–Trinajstić information content (AvgIpc) is 2.18. The number of aldehydes is 1. The van der Waals surface area contributed by atoms with E-state index in [-0.39, 0.29) is 10.6 Å². The highest BCUT2D eigenvalue weighted by molar-refractivity contribution is 6.74. The summed E-state index contributed by atoms with van der Waals surface area (Å²) in [6.45, 7) is 10.5. The number of carbonyl (C=O) groups excluding carboxylic acids is 1. The quantitative estimate of drug-likeness (QED) is 0.601. The monoisotopic (exact) mass is 254 g/mol. The van der Waals surface area contributed by atoms with Crippen molar-refractivity contribution < 1.29 is 13.6 Å². The van der Waals surface area contributed by atoms with E-state index in [1.807, 2.05) is 0 Å². The first-order valence-electron chi connectivity index (χ1n) is 5.61. The minimum Gasteiger partial charge on any atom is -0.543 e. The molecule has 1 aromatic rings. The fourth-order valence-electron chi connectivity index (χ4n) is 1.13. The summed E-state index contributed by atoms with van der Waals surface area (Å²) in [7, 11) is -1.99. The molecule has 0 radical (unpaired) electrons. The maximum atomic E-state index is 13.0. The Morgan fingerprint density at radius 3 is 2.35 bits per heavy atom. The Morgan fingerprint density at radius 1 is 1.29 bits per heavy atom. The fraction of sp³-hybridized carbons (Fsp3) is 0.462. The third-order valence-corrected chi connectivity index (χ3v) is 7.61. The molecule has 0 aromatic heterocycles. The third kappa shape index (κ3) is 3.16. The smallest absolute Gasteiger partial charge is 0.250 e. The van der Waals surface area contributed by atoms with Crippen molar-refractivity contribution in [2.24, 2.45) is 0 Å². The van der Waals surface area contributed by atoms with E-state index in [2.05, 4.69) is 33.9 Å². The van der Waals surface area contributed by atoms with Crippen LogP contribution in [0.1, 0.15) is 31.1 Å². The molecule has 0 saturated carbocycles. The molecule has 0 amide bonds. The molecule has 94 valence electrons. The lowest BCUT2D eigenvalue weighted by atomic mass is 10.2. The van der Waals surface area contributed by atoms with Crippen molar-refractivity contribution in [2.75, 3.05) is 0 Å². The summed E-state index contributed by atoms with van der Waals surface area (Å²) < 4.78 is 19.0. The van der Waals surface area contributed by atoms with Gasteiger partial charge < -0.3 is 4.43 Å². The molecule has 0 spiro atoms. The van der Waals surface area contributed by atoms with Gasteiger partial charge in [0.1, 0.15) is 11.6 Å². The summed E-state index contributed by atoms with van der Waals surface area (Å²) in [6, 6.07) is 4.05. The summed E-state index contributed by atoms with van der Waals surface area (Å²) >= 11 is 0. The molecular weight excluding hydrogens is 235 g/mol. The zero-order valence-corrected chi connectivity index (χ0v) is 12.0. The van der Waals surface area contributed by atoms with Gasteiger partial charge in [-0.05, 0) is 36.3 Å². The van der Waals surface area contributed by atoms with Crippen molar-refractivity contribution in [1.29, 1.82) is 0 Å². The molecule has 4 heteroatoms. The Balaban J connectivity index is 3.07. The SMILES string of the molecule is CC(C)(C)[Si](C)(C)Oc1ccc(F)cc1C=O. The molecule has 2 nitrogen and oxygen atoms in total. The van der Waals surface area contributed by atoms with Crippen LogP contribution >= 0.6 is 0 Å². The number of carbonyl (C=O) groups is 1. The highest BCUT2D eigenvalue weighted by atomic mass is 28.4. The fourth-order valence-corrected chi connectivity index (χ4v) is 2.17. The normalized spacial score (nSPS) is 12.4. The highest BCUT2D eigenvalue weighted by Crippen LogP contribution is 2.38. The standard InChI is InChI=1S/C13H19FO2Si/c1-13(2,3)17(4,5)16-12-7-6-11(14)8-10(12)9-15/h6-9H,1-5H3. The van der Waals surface area contributed by atoms with Crippen LogP contribution in [0.4, 0.5) is 4.39 Å². The maximum absolute atomic E-state index is 13.0. The van der Waals surface area contributed by atoms with E-state index in [1.165, 1.54) is 18.2 Å². The number of hydrogen-bond donors (Lipinski definition) is 0. The highest BCUT2D eigenvalue weighted by Gasteiger charge is 2.39. The molecular formula is C13H19FO2Si. The first-order valence-corrected chi connectivity index (χ1v) is 8.52. The van der Waals surface area contributed by atoms with E-state index < -0.39 is 14.1 Å². The van der Waals surface area contributed by atoms with Crippen LogP contribution in [0.25, 0.3) is 0 Å². The van der Waals surface area contributed by atoms with Gasteiger partial charge in [-0.3, -0.25) is 4.79 Å². The molecule has 1 aromatic carbocycles. The summed E-state index contributed by atoms with van der Waals surface area (Å²) in [5, 5.41) is 0.0432. The topological polar surface area (TPSA) is 26.3 Å². The van der Waals surface area contributed by atoms with Gasteiger partial charge in [0.2, 0.25) is 0 Å². The van der Waals surface area contributed by atoms with Gasteiger partial charge in [-0.15, -0.1) is 0 Å². The summed E-state index contributed by atoms with van der Waals surface area (Å²) in [5.74, 6) is 0.0580. The lowest BCUT2D eigenvalue weighted by Crippen LogP contribution is -2.44. The van der Waals surface area contributed by atoms with Crippen LogP contribution < -0.4 is 4.43 Å². The van der Waals surface area contributed by atoms with Crippen molar-refractivity contribution >= 4 is 14.6 Å². The number of rotatable bonds is 3. The van der Waals surface area contributed by atoms with Crippen LogP contribution in [0.15, 0.2) is 18.2 Å². The molecule has 17 heavy (non-hydrogen) atoms. The zero-order chi connectivity index (χ0) is 13.3. The van der Waals surface area contributed by atoms with Crippen LogP contribution in [0.2, 0.25) is 18.1 Å². The van der Waals surface area contributed by atoms with Gasteiger partial charge >= 0.3 is 0 Å². The summed E-state index contributed by atoms with van der Waals surface area (Å²) in [5.41, 5.74) is 0.273. The van der Waals surface area contributed by atoms with Crippen LogP contribution in [-0.4, -0.2) is 14.6 Å². The second-order valence-electron chi connectivity index (χ2n) is 5.66. The molecule has 0 saturated heterocycles. The van der Waals surface area contributed by atoms with Gasteiger partial charge in [0.05, 0.1) is 5.56 Å². The molecule has 0 heterocycles. The van der Waals surface area contributed by atoms with Crippen LogP contribution in [0.5, 0.6) is 5.75 Å². The molecule has 0 aliphatic carbocycles. The van der Waals surface area contributed by atoms with Crippen molar-refractivity contribution in [3.8, 4) is 5.75 Å².